The normalized spacial score (nSPS) is 24.7. The number of aromatic nitrogens is 2. The first-order valence-corrected chi connectivity index (χ1v) is 8.08. The van der Waals surface area contributed by atoms with Crippen LogP contribution in [-0.4, -0.2) is 41.0 Å². The van der Waals surface area contributed by atoms with Crippen LogP contribution in [0.15, 0.2) is 42.7 Å². The average molecular weight is 294 g/mol. The highest BCUT2D eigenvalue weighted by atomic mass is 15.3. The molecule has 0 bridgehead atoms. The average Bonchev–Trinajstić information content (AvgIpc) is 3.06. The van der Waals surface area contributed by atoms with E-state index in [0.29, 0.717) is 0 Å². The molecule has 22 heavy (non-hydrogen) atoms. The van der Waals surface area contributed by atoms with Crippen molar-refractivity contribution in [2.24, 2.45) is 11.8 Å². The Morgan fingerprint density at radius 1 is 1.00 bits per heavy atom. The maximum atomic E-state index is 4.44. The Balaban J connectivity index is 1.38. The van der Waals surface area contributed by atoms with Crippen LogP contribution in [0.4, 0.5) is 5.82 Å². The van der Waals surface area contributed by atoms with Gasteiger partial charge in [0, 0.05) is 44.5 Å². The summed E-state index contributed by atoms with van der Waals surface area (Å²) >= 11 is 0. The van der Waals surface area contributed by atoms with Crippen LogP contribution in [0.2, 0.25) is 0 Å². The van der Waals surface area contributed by atoms with E-state index >= 15 is 0 Å². The first-order chi connectivity index (χ1) is 10.8. The van der Waals surface area contributed by atoms with Gasteiger partial charge in [0.2, 0.25) is 0 Å². The number of hydrogen-bond donors (Lipinski definition) is 0. The van der Waals surface area contributed by atoms with Crippen LogP contribution in [0.1, 0.15) is 11.3 Å². The van der Waals surface area contributed by atoms with Gasteiger partial charge in [-0.3, -0.25) is 4.90 Å². The summed E-state index contributed by atoms with van der Waals surface area (Å²) in [7, 11) is 0. The molecule has 4 heteroatoms. The molecule has 114 valence electrons. The molecule has 4 rings (SSSR count). The van der Waals surface area contributed by atoms with E-state index in [0.717, 1.165) is 43.0 Å². The predicted molar refractivity (Wildman–Crippen MR) is 87.7 cm³/mol. The molecule has 2 aliphatic rings. The van der Waals surface area contributed by atoms with Crippen LogP contribution in [-0.2, 0) is 6.54 Å². The van der Waals surface area contributed by atoms with Crippen molar-refractivity contribution < 1.29 is 0 Å². The zero-order valence-electron chi connectivity index (χ0n) is 13.0. The molecular formula is C18H22N4. The molecule has 2 saturated heterocycles. The zero-order valence-corrected chi connectivity index (χ0v) is 13.0. The maximum Gasteiger partial charge on any atom is 0.132 e. The van der Waals surface area contributed by atoms with E-state index in [1.807, 2.05) is 6.92 Å². The lowest BCUT2D eigenvalue weighted by Gasteiger charge is -2.22. The van der Waals surface area contributed by atoms with Crippen LogP contribution < -0.4 is 4.90 Å². The molecule has 0 unspecified atom stereocenters. The van der Waals surface area contributed by atoms with E-state index in [1.54, 1.807) is 6.33 Å². The molecule has 2 aromatic rings. The highest BCUT2D eigenvalue weighted by Crippen LogP contribution is 2.33. The van der Waals surface area contributed by atoms with Crippen molar-refractivity contribution in [3.8, 4) is 0 Å². The minimum atomic E-state index is 0.777. The van der Waals surface area contributed by atoms with Gasteiger partial charge in [-0.1, -0.05) is 30.3 Å². The second-order valence-corrected chi connectivity index (χ2v) is 6.62. The Hall–Kier alpha value is -1.94. The second kappa shape index (κ2) is 5.69. The highest BCUT2D eigenvalue weighted by molar-refractivity contribution is 5.40. The minimum absolute atomic E-state index is 0.777. The third-order valence-electron chi connectivity index (χ3n) is 4.92. The smallest absolute Gasteiger partial charge is 0.132 e. The largest absolute Gasteiger partial charge is 0.356 e. The number of likely N-dealkylation sites (tertiary alicyclic amines) is 1. The Kier molecular flexibility index (Phi) is 3.54. The Labute approximate surface area is 131 Å². The van der Waals surface area contributed by atoms with E-state index in [-0.39, 0.29) is 0 Å². The maximum absolute atomic E-state index is 4.44. The van der Waals surface area contributed by atoms with Gasteiger partial charge < -0.3 is 4.90 Å². The van der Waals surface area contributed by atoms with Crippen LogP contribution in [0, 0.1) is 18.8 Å². The number of benzene rings is 1. The van der Waals surface area contributed by atoms with Gasteiger partial charge in [-0.25, -0.2) is 9.97 Å². The summed E-state index contributed by atoms with van der Waals surface area (Å²) in [4.78, 5) is 13.7. The van der Waals surface area contributed by atoms with Crippen LogP contribution in [0.25, 0.3) is 0 Å². The van der Waals surface area contributed by atoms with E-state index < -0.39 is 0 Å². The van der Waals surface area contributed by atoms with Crippen molar-refractivity contribution in [3.63, 3.8) is 0 Å². The third-order valence-corrected chi connectivity index (χ3v) is 4.92. The monoisotopic (exact) mass is 294 g/mol. The van der Waals surface area contributed by atoms with Gasteiger partial charge in [-0.05, 0) is 24.3 Å². The molecule has 0 N–H and O–H groups in total. The highest BCUT2D eigenvalue weighted by Gasteiger charge is 2.40. The van der Waals surface area contributed by atoms with E-state index in [1.165, 1.54) is 18.7 Å². The molecule has 1 aromatic carbocycles. The number of hydrogen-bond acceptors (Lipinski definition) is 4. The van der Waals surface area contributed by atoms with Gasteiger partial charge in [0.1, 0.15) is 12.1 Å². The quantitative estimate of drug-likeness (QED) is 0.870. The van der Waals surface area contributed by atoms with Crippen molar-refractivity contribution >= 4 is 5.82 Å². The molecule has 1 aromatic heterocycles. The number of anilines is 1. The lowest BCUT2D eigenvalue weighted by molar-refractivity contribution is 0.309. The van der Waals surface area contributed by atoms with Crippen LogP contribution in [0.3, 0.4) is 0 Å². The van der Waals surface area contributed by atoms with E-state index in [2.05, 4.69) is 56.2 Å². The van der Waals surface area contributed by atoms with Gasteiger partial charge in [0.25, 0.3) is 0 Å². The molecule has 0 amide bonds. The van der Waals surface area contributed by atoms with E-state index in [4.69, 9.17) is 0 Å². The topological polar surface area (TPSA) is 32.3 Å². The van der Waals surface area contributed by atoms with Crippen molar-refractivity contribution in [2.75, 3.05) is 31.1 Å². The Bertz CT molecular complexity index is 629. The van der Waals surface area contributed by atoms with E-state index in [9.17, 15) is 0 Å². The van der Waals surface area contributed by atoms with Crippen molar-refractivity contribution in [2.45, 2.75) is 13.5 Å². The zero-order chi connectivity index (χ0) is 14.9. The summed E-state index contributed by atoms with van der Waals surface area (Å²) in [6.07, 6.45) is 1.68. The number of aryl methyl sites for hydroxylation is 1. The van der Waals surface area contributed by atoms with Gasteiger partial charge in [0.15, 0.2) is 0 Å². The van der Waals surface area contributed by atoms with Gasteiger partial charge >= 0.3 is 0 Å². The van der Waals surface area contributed by atoms with Crippen LogP contribution in [0.5, 0.6) is 0 Å². The molecule has 0 saturated carbocycles. The summed E-state index contributed by atoms with van der Waals surface area (Å²) in [6, 6.07) is 12.9. The lowest BCUT2D eigenvalue weighted by Crippen LogP contribution is -2.29. The predicted octanol–water partition coefficient (Wildman–Crippen LogP) is 2.35. The number of rotatable bonds is 3. The summed E-state index contributed by atoms with van der Waals surface area (Å²) in [5.74, 6) is 2.65. The SMILES string of the molecule is Cc1cc(N2C[C@H]3CN(Cc4ccccc4)C[C@H]3C2)ncn1. The summed E-state index contributed by atoms with van der Waals surface area (Å²) in [6.45, 7) is 7.79. The molecule has 0 radical (unpaired) electrons. The standard InChI is InChI=1S/C18H22N4/c1-14-7-18(20-13-19-14)22-11-16-9-21(10-17(16)12-22)8-15-5-3-2-4-6-15/h2-7,13,16-17H,8-12H2,1H3/t16-,17+. The fourth-order valence-electron chi connectivity index (χ4n) is 3.86. The summed E-state index contributed by atoms with van der Waals surface area (Å²) < 4.78 is 0. The Morgan fingerprint density at radius 3 is 2.41 bits per heavy atom. The fraction of sp³-hybridized carbons (Fsp3) is 0.444. The minimum Gasteiger partial charge on any atom is -0.356 e. The molecule has 2 aliphatic heterocycles. The van der Waals surface area contributed by atoms with Gasteiger partial charge in [-0.2, -0.15) is 0 Å². The molecule has 2 fully saturated rings. The first kappa shape index (κ1) is 13.7. The number of nitrogens with zero attached hydrogens (tertiary/aromatic N) is 4. The van der Waals surface area contributed by atoms with Crippen molar-refractivity contribution in [3.05, 3.63) is 54.0 Å². The molecule has 3 heterocycles. The van der Waals surface area contributed by atoms with Crippen LogP contribution >= 0.6 is 0 Å². The summed E-state index contributed by atoms with van der Waals surface area (Å²) in [5, 5.41) is 0. The van der Waals surface area contributed by atoms with Crippen molar-refractivity contribution in [1.82, 2.24) is 14.9 Å². The lowest BCUT2D eigenvalue weighted by atomic mass is 10.0. The fourth-order valence-corrected chi connectivity index (χ4v) is 3.86. The second-order valence-electron chi connectivity index (χ2n) is 6.62. The molecule has 0 spiro atoms. The van der Waals surface area contributed by atoms with Crippen molar-refractivity contribution in [1.29, 1.82) is 0 Å². The number of fused-ring (bicyclic) bond motifs is 1. The molecule has 0 aliphatic carbocycles. The van der Waals surface area contributed by atoms with Gasteiger partial charge in [0.05, 0.1) is 0 Å². The third kappa shape index (κ3) is 2.71. The molecule has 4 nitrogen and oxygen atoms in total. The first-order valence-electron chi connectivity index (χ1n) is 8.08. The molecular weight excluding hydrogens is 272 g/mol. The summed E-state index contributed by atoms with van der Waals surface area (Å²) in [5.41, 5.74) is 2.47. The Morgan fingerprint density at radius 2 is 1.73 bits per heavy atom. The molecule has 2 atom stereocenters. The van der Waals surface area contributed by atoms with Gasteiger partial charge in [-0.15, -0.1) is 0 Å².